The number of hydrogen-bond acceptors (Lipinski definition) is 6. The number of nitrogens with one attached hydrogen (secondary N) is 2. The normalized spacial score (nSPS) is 23.6. The molecule has 0 bridgehead atoms. The van der Waals surface area contributed by atoms with E-state index in [9.17, 15) is 5.11 Å². The van der Waals surface area contributed by atoms with Crippen molar-refractivity contribution in [3.8, 4) is 0 Å². The number of anilines is 2. The molecule has 96 valence electrons. The first kappa shape index (κ1) is 11.2. The Kier molecular flexibility index (Phi) is 2.75. The third-order valence-corrected chi connectivity index (χ3v) is 3.45. The van der Waals surface area contributed by atoms with E-state index in [4.69, 9.17) is 5.73 Å². The van der Waals surface area contributed by atoms with E-state index in [1.807, 2.05) is 0 Å². The number of rotatable bonds is 3. The molecule has 7 nitrogen and oxygen atoms in total. The van der Waals surface area contributed by atoms with Crippen molar-refractivity contribution < 1.29 is 5.11 Å². The lowest BCUT2D eigenvalue weighted by molar-refractivity contribution is 0.138. The van der Waals surface area contributed by atoms with Crippen molar-refractivity contribution in [2.75, 3.05) is 17.6 Å². The molecule has 0 aromatic carbocycles. The molecule has 7 heteroatoms. The van der Waals surface area contributed by atoms with Gasteiger partial charge in [0.15, 0.2) is 11.5 Å². The van der Waals surface area contributed by atoms with E-state index < -0.39 is 0 Å². The Labute approximate surface area is 104 Å². The maximum absolute atomic E-state index is 9.78. The molecule has 2 heterocycles. The zero-order valence-corrected chi connectivity index (χ0v) is 9.93. The molecule has 0 saturated heterocycles. The summed E-state index contributed by atoms with van der Waals surface area (Å²) < 4.78 is 0. The molecule has 2 aromatic heterocycles. The summed E-state index contributed by atoms with van der Waals surface area (Å²) in [5.41, 5.74) is 6.93. The Hall–Kier alpha value is -1.89. The molecular weight excluding hydrogens is 232 g/mol. The fourth-order valence-electron chi connectivity index (χ4n) is 2.46. The van der Waals surface area contributed by atoms with Gasteiger partial charge in [0.1, 0.15) is 5.52 Å². The predicted molar refractivity (Wildman–Crippen MR) is 67.9 cm³/mol. The maximum Gasteiger partial charge on any atom is 0.224 e. The Morgan fingerprint density at radius 1 is 1.44 bits per heavy atom. The van der Waals surface area contributed by atoms with Crippen molar-refractivity contribution in [1.82, 2.24) is 19.9 Å². The van der Waals surface area contributed by atoms with Gasteiger partial charge in [-0.2, -0.15) is 9.97 Å². The summed E-state index contributed by atoms with van der Waals surface area (Å²) in [5.74, 6) is 1.12. The van der Waals surface area contributed by atoms with Crippen LogP contribution in [0.4, 0.5) is 11.8 Å². The van der Waals surface area contributed by atoms with Crippen LogP contribution in [0, 0.1) is 5.92 Å². The molecule has 0 aliphatic heterocycles. The van der Waals surface area contributed by atoms with Crippen LogP contribution in [0.3, 0.4) is 0 Å². The number of nitrogens with zero attached hydrogens (tertiary/aromatic N) is 3. The van der Waals surface area contributed by atoms with Gasteiger partial charge in [0, 0.05) is 12.5 Å². The molecule has 2 atom stereocenters. The number of nitrogen functional groups attached to an aromatic ring is 1. The van der Waals surface area contributed by atoms with Gasteiger partial charge in [-0.05, 0) is 12.8 Å². The second-order valence-corrected chi connectivity index (χ2v) is 4.67. The molecule has 1 aliphatic carbocycles. The van der Waals surface area contributed by atoms with Crippen molar-refractivity contribution in [3.63, 3.8) is 0 Å². The number of hydrogen-bond donors (Lipinski definition) is 4. The van der Waals surface area contributed by atoms with Crippen LogP contribution < -0.4 is 11.1 Å². The van der Waals surface area contributed by atoms with Crippen LogP contribution in [-0.4, -0.2) is 37.7 Å². The van der Waals surface area contributed by atoms with Gasteiger partial charge in [-0.25, -0.2) is 4.98 Å². The summed E-state index contributed by atoms with van der Waals surface area (Å²) in [4.78, 5) is 15.2. The minimum atomic E-state index is -0.214. The van der Waals surface area contributed by atoms with E-state index in [2.05, 4.69) is 25.3 Å². The lowest BCUT2D eigenvalue weighted by Gasteiger charge is -2.15. The second-order valence-electron chi connectivity index (χ2n) is 4.67. The Bertz CT molecular complexity index is 553. The van der Waals surface area contributed by atoms with Gasteiger partial charge in [0.2, 0.25) is 5.95 Å². The number of aliphatic hydroxyl groups is 1. The maximum atomic E-state index is 9.78. The van der Waals surface area contributed by atoms with Gasteiger partial charge < -0.3 is 21.1 Å². The molecule has 18 heavy (non-hydrogen) atoms. The molecule has 1 fully saturated rings. The van der Waals surface area contributed by atoms with Crippen LogP contribution in [0.1, 0.15) is 19.3 Å². The first-order chi connectivity index (χ1) is 8.74. The molecule has 2 aromatic rings. The Balaban J connectivity index is 1.79. The average molecular weight is 248 g/mol. The molecule has 3 rings (SSSR count). The first-order valence-electron chi connectivity index (χ1n) is 6.12. The molecule has 0 amide bonds. The quantitative estimate of drug-likeness (QED) is 0.629. The molecule has 0 spiro atoms. The fraction of sp³-hybridized carbons (Fsp3) is 0.545. The summed E-state index contributed by atoms with van der Waals surface area (Å²) in [6, 6.07) is 0. The van der Waals surface area contributed by atoms with Gasteiger partial charge in [0.25, 0.3) is 0 Å². The van der Waals surface area contributed by atoms with Crippen molar-refractivity contribution in [3.05, 3.63) is 6.33 Å². The number of H-pyrrole nitrogens is 1. The molecule has 1 saturated carbocycles. The lowest BCUT2D eigenvalue weighted by atomic mass is 10.1. The van der Waals surface area contributed by atoms with Gasteiger partial charge in [-0.3, -0.25) is 0 Å². The van der Waals surface area contributed by atoms with Crippen LogP contribution >= 0.6 is 0 Å². The lowest BCUT2D eigenvalue weighted by Crippen LogP contribution is -2.22. The van der Waals surface area contributed by atoms with Crippen LogP contribution in [0.15, 0.2) is 6.33 Å². The van der Waals surface area contributed by atoms with E-state index in [0.717, 1.165) is 24.8 Å². The topological polar surface area (TPSA) is 113 Å². The number of aliphatic hydroxyl groups excluding tert-OH is 1. The number of nitrogens with two attached hydrogens (primary N) is 1. The van der Waals surface area contributed by atoms with Gasteiger partial charge in [-0.1, -0.05) is 6.42 Å². The minimum absolute atomic E-state index is 0.198. The predicted octanol–water partition coefficient (Wildman–Crippen LogP) is 0.508. The van der Waals surface area contributed by atoms with Gasteiger partial charge >= 0.3 is 0 Å². The van der Waals surface area contributed by atoms with E-state index in [1.54, 1.807) is 6.33 Å². The van der Waals surface area contributed by atoms with Crippen LogP contribution in [0.2, 0.25) is 0 Å². The monoisotopic (exact) mass is 248 g/mol. The smallest absolute Gasteiger partial charge is 0.224 e. The van der Waals surface area contributed by atoms with Gasteiger partial charge in [0.05, 0.1) is 12.4 Å². The first-order valence-corrected chi connectivity index (χ1v) is 6.12. The van der Waals surface area contributed by atoms with Crippen LogP contribution in [0.5, 0.6) is 0 Å². The summed E-state index contributed by atoms with van der Waals surface area (Å²) in [7, 11) is 0. The third-order valence-electron chi connectivity index (χ3n) is 3.45. The second kappa shape index (κ2) is 4.41. The third kappa shape index (κ3) is 1.97. The minimum Gasteiger partial charge on any atom is -0.393 e. The van der Waals surface area contributed by atoms with Gasteiger partial charge in [-0.15, -0.1) is 0 Å². The summed E-state index contributed by atoms with van der Waals surface area (Å²) in [6.07, 6.45) is 4.36. The van der Waals surface area contributed by atoms with E-state index in [1.165, 1.54) is 0 Å². The Morgan fingerprint density at radius 2 is 2.33 bits per heavy atom. The van der Waals surface area contributed by atoms with E-state index >= 15 is 0 Å². The summed E-state index contributed by atoms with van der Waals surface area (Å²) in [5, 5.41) is 13.0. The zero-order chi connectivity index (χ0) is 12.5. The summed E-state index contributed by atoms with van der Waals surface area (Å²) in [6.45, 7) is 0.686. The summed E-state index contributed by atoms with van der Waals surface area (Å²) >= 11 is 0. The van der Waals surface area contributed by atoms with E-state index in [-0.39, 0.29) is 18.0 Å². The van der Waals surface area contributed by atoms with Crippen molar-refractivity contribution in [1.29, 1.82) is 0 Å². The average Bonchev–Trinajstić information content (AvgIpc) is 2.94. The largest absolute Gasteiger partial charge is 0.393 e. The fourth-order valence-corrected chi connectivity index (χ4v) is 2.46. The zero-order valence-electron chi connectivity index (χ0n) is 9.93. The molecular formula is C11H16N6O. The van der Waals surface area contributed by atoms with E-state index in [0.29, 0.717) is 18.0 Å². The van der Waals surface area contributed by atoms with Crippen molar-refractivity contribution in [2.45, 2.75) is 25.4 Å². The molecule has 0 radical (unpaired) electrons. The molecule has 5 N–H and O–H groups in total. The highest BCUT2D eigenvalue weighted by Gasteiger charge is 2.25. The Morgan fingerprint density at radius 3 is 3.11 bits per heavy atom. The molecule has 1 aliphatic rings. The number of aromatic nitrogens is 4. The number of fused-ring (bicyclic) bond motifs is 1. The highest BCUT2D eigenvalue weighted by Crippen LogP contribution is 2.26. The highest BCUT2D eigenvalue weighted by atomic mass is 16.3. The number of aromatic amines is 1. The standard InChI is InChI=1S/C11H16N6O/c12-11-16-9(8-10(17-11)15-5-14-8)13-4-6-2-1-3-7(6)18/h5-7,18H,1-4H2,(H4,12,13,14,15,16,17). The van der Waals surface area contributed by atoms with Crippen molar-refractivity contribution in [2.24, 2.45) is 5.92 Å². The van der Waals surface area contributed by atoms with Crippen molar-refractivity contribution >= 4 is 22.9 Å². The molecule has 2 unspecified atom stereocenters. The van der Waals surface area contributed by atoms with Crippen LogP contribution in [-0.2, 0) is 0 Å². The highest BCUT2D eigenvalue weighted by molar-refractivity contribution is 5.83. The SMILES string of the molecule is Nc1nc(NCC2CCCC2O)c2[nH]cnc2n1. The number of imidazole rings is 1. The van der Waals surface area contributed by atoms with Crippen LogP contribution in [0.25, 0.3) is 11.2 Å².